The van der Waals surface area contributed by atoms with Crippen molar-refractivity contribution in [2.45, 2.75) is 9.79 Å². The normalized spacial score (nSPS) is 11.1. The van der Waals surface area contributed by atoms with E-state index in [9.17, 15) is 0 Å². The summed E-state index contributed by atoms with van der Waals surface area (Å²) in [6.07, 6.45) is 0. The van der Waals surface area contributed by atoms with E-state index in [4.69, 9.17) is 0 Å². The second-order valence-corrected chi connectivity index (χ2v) is 7.17. The van der Waals surface area contributed by atoms with Gasteiger partial charge in [0.25, 0.3) is 0 Å². The molecule has 0 aromatic heterocycles. The zero-order chi connectivity index (χ0) is 14.7. The predicted molar refractivity (Wildman–Crippen MR) is 100 cm³/mol. The highest BCUT2D eigenvalue weighted by atomic mass is 32.1. The van der Waals surface area contributed by atoms with Gasteiger partial charge in [-0.15, -0.1) is 25.3 Å². The van der Waals surface area contributed by atoms with Crippen LogP contribution in [0, 0.1) is 0 Å². The van der Waals surface area contributed by atoms with Crippen LogP contribution in [-0.2, 0) is 0 Å². The Morgan fingerprint density at radius 1 is 0.667 bits per heavy atom. The van der Waals surface area contributed by atoms with E-state index < -0.39 is 0 Å². The van der Waals surface area contributed by atoms with E-state index in [0.29, 0.717) is 8.58 Å². The second kappa shape index (κ2) is 6.70. The maximum atomic E-state index is 4.48. The molecule has 0 aliphatic rings. The fourth-order valence-corrected chi connectivity index (χ4v) is 3.71. The van der Waals surface area contributed by atoms with Crippen LogP contribution in [0.3, 0.4) is 0 Å². The summed E-state index contributed by atoms with van der Waals surface area (Å²) in [5.74, 6) is 0. The second-order valence-electron chi connectivity index (χ2n) is 4.77. The van der Waals surface area contributed by atoms with Crippen molar-refractivity contribution in [3.63, 3.8) is 0 Å². The molecule has 104 valence electrons. The summed E-state index contributed by atoms with van der Waals surface area (Å²) >= 11 is 8.83. The fraction of sp³-hybridized carbons (Fsp3) is 0. The van der Waals surface area contributed by atoms with Crippen molar-refractivity contribution in [3.05, 3.63) is 72.8 Å². The number of hydrogen-bond acceptors (Lipinski definition) is 2. The lowest BCUT2D eigenvalue weighted by molar-refractivity contribution is 1.49. The molecule has 0 radical (unpaired) electrons. The standard InChI is InChI=1S/C18H15PS2/c20-15-8-6-14(7-9-15)19-18-11-10-16(21)12-17(18)13-4-2-1-3-5-13/h1-12,19-21H. The van der Waals surface area contributed by atoms with Gasteiger partial charge in [-0.1, -0.05) is 57.1 Å². The maximum absolute atomic E-state index is 4.48. The Hall–Kier alpha value is -1.21. The molecule has 0 nitrogen and oxygen atoms in total. The van der Waals surface area contributed by atoms with E-state index >= 15 is 0 Å². The topological polar surface area (TPSA) is 0 Å². The molecule has 1 unspecified atom stereocenters. The van der Waals surface area contributed by atoms with E-state index in [1.54, 1.807) is 0 Å². The predicted octanol–water partition coefficient (Wildman–Crippen LogP) is 4.56. The number of rotatable bonds is 3. The Morgan fingerprint density at radius 3 is 2.05 bits per heavy atom. The molecule has 0 amide bonds. The average Bonchev–Trinajstić information content (AvgIpc) is 2.52. The van der Waals surface area contributed by atoms with Crippen molar-refractivity contribution in [1.82, 2.24) is 0 Å². The van der Waals surface area contributed by atoms with Crippen LogP contribution in [0.15, 0.2) is 82.6 Å². The van der Waals surface area contributed by atoms with Gasteiger partial charge in [0.05, 0.1) is 0 Å². The first-order chi connectivity index (χ1) is 10.2. The molecule has 0 saturated heterocycles. The fourth-order valence-electron chi connectivity index (χ4n) is 2.20. The van der Waals surface area contributed by atoms with Crippen molar-refractivity contribution in [2.75, 3.05) is 0 Å². The lowest BCUT2D eigenvalue weighted by atomic mass is 10.1. The Bertz CT molecular complexity index is 737. The van der Waals surface area contributed by atoms with Gasteiger partial charge in [-0.05, 0) is 46.0 Å². The highest BCUT2D eigenvalue weighted by Crippen LogP contribution is 2.26. The van der Waals surface area contributed by atoms with Crippen LogP contribution in [0.2, 0.25) is 0 Å². The van der Waals surface area contributed by atoms with Gasteiger partial charge in [0.15, 0.2) is 0 Å². The Kier molecular flexibility index (Phi) is 4.70. The molecule has 0 N–H and O–H groups in total. The van der Waals surface area contributed by atoms with Gasteiger partial charge in [0, 0.05) is 9.79 Å². The van der Waals surface area contributed by atoms with Crippen molar-refractivity contribution < 1.29 is 0 Å². The summed E-state index contributed by atoms with van der Waals surface area (Å²) in [5, 5.41) is 2.66. The maximum Gasteiger partial charge on any atom is 0.00466 e. The van der Waals surface area contributed by atoms with E-state index in [0.717, 1.165) is 9.79 Å². The van der Waals surface area contributed by atoms with E-state index in [1.165, 1.54) is 21.7 Å². The Morgan fingerprint density at radius 2 is 1.33 bits per heavy atom. The highest BCUT2D eigenvalue weighted by Gasteiger charge is 2.06. The summed E-state index contributed by atoms with van der Waals surface area (Å²) in [7, 11) is 0.626. The van der Waals surface area contributed by atoms with Crippen LogP contribution in [0.4, 0.5) is 0 Å². The molecule has 0 spiro atoms. The molecule has 3 rings (SSSR count). The van der Waals surface area contributed by atoms with Gasteiger partial charge in [0.1, 0.15) is 0 Å². The van der Waals surface area contributed by atoms with Crippen LogP contribution in [-0.4, -0.2) is 0 Å². The van der Waals surface area contributed by atoms with Gasteiger partial charge in [0.2, 0.25) is 0 Å². The Balaban J connectivity index is 2.00. The lowest BCUT2D eigenvalue weighted by Gasteiger charge is -2.11. The van der Waals surface area contributed by atoms with Gasteiger partial charge in [-0.25, -0.2) is 0 Å². The molecular formula is C18H15PS2. The summed E-state index contributed by atoms with van der Waals surface area (Å²) in [6.45, 7) is 0. The summed E-state index contributed by atoms with van der Waals surface area (Å²) in [6, 6.07) is 25.2. The minimum atomic E-state index is 0.626. The molecule has 0 saturated carbocycles. The van der Waals surface area contributed by atoms with Gasteiger partial charge >= 0.3 is 0 Å². The molecule has 0 aliphatic heterocycles. The third kappa shape index (κ3) is 3.71. The van der Waals surface area contributed by atoms with Gasteiger partial charge < -0.3 is 0 Å². The van der Waals surface area contributed by atoms with Gasteiger partial charge in [-0.3, -0.25) is 0 Å². The van der Waals surface area contributed by atoms with Crippen molar-refractivity contribution in [3.8, 4) is 11.1 Å². The SMILES string of the molecule is Sc1ccc(Pc2ccc(S)cc2-c2ccccc2)cc1. The highest BCUT2D eigenvalue weighted by molar-refractivity contribution is 7.80. The van der Waals surface area contributed by atoms with Crippen molar-refractivity contribution in [1.29, 1.82) is 0 Å². The zero-order valence-corrected chi connectivity index (χ0v) is 14.1. The van der Waals surface area contributed by atoms with Crippen LogP contribution >= 0.6 is 33.8 Å². The molecule has 0 fully saturated rings. The molecule has 21 heavy (non-hydrogen) atoms. The minimum Gasteiger partial charge on any atom is -0.143 e. The van der Waals surface area contributed by atoms with Crippen LogP contribution in [0.25, 0.3) is 11.1 Å². The van der Waals surface area contributed by atoms with Crippen LogP contribution in [0.5, 0.6) is 0 Å². The molecular weight excluding hydrogens is 311 g/mol. The summed E-state index contributed by atoms with van der Waals surface area (Å²) in [4.78, 5) is 1.99. The smallest absolute Gasteiger partial charge is 0.00466 e. The third-order valence-electron chi connectivity index (χ3n) is 3.23. The van der Waals surface area contributed by atoms with Crippen molar-refractivity contribution >= 4 is 44.4 Å². The zero-order valence-electron chi connectivity index (χ0n) is 11.3. The molecule has 0 bridgehead atoms. The molecule has 0 aliphatic carbocycles. The van der Waals surface area contributed by atoms with E-state index in [-0.39, 0.29) is 0 Å². The molecule has 0 heterocycles. The van der Waals surface area contributed by atoms with Crippen LogP contribution in [0.1, 0.15) is 0 Å². The van der Waals surface area contributed by atoms with E-state index in [1.807, 2.05) is 18.2 Å². The van der Waals surface area contributed by atoms with Gasteiger partial charge in [-0.2, -0.15) is 0 Å². The number of hydrogen-bond donors (Lipinski definition) is 2. The first kappa shape index (κ1) is 14.7. The monoisotopic (exact) mass is 326 g/mol. The quantitative estimate of drug-likeness (QED) is 0.512. The first-order valence-corrected chi connectivity index (χ1v) is 8.56. The molecule has 1 atom stereocenters. The summed E-state index contributed by atoms with van der Waals surface area (Å²) in [5.41, 5.74) is 2.50. The largest absolute Gasteiger partial charge is 0.143 e. The van der Waals surface area contributed by atoms with Crippen LogP contribution < -0.4 is 10.6 Å². The third-order valence-corrected chi connectivity index (χ3v) is 5.14. The molecule has 3 aromatic carbocycles. The van der Waals surface area contributed by atoms with E-state index in [2.05, 4.69) is 79.9 Å². The average molecular weight is 326 g/mol. The minimum absolute atomic E-state index is 0.626. The number of benzene rings is 3. The molecule has 3 aromatic rings. The first-order valence-electron chi connectivity index (χ1n) is 6.67. The van der Waals surface area contributed by atoms with Crippen molar-refractivity contribution in [2.24, 2.45) is 0 Å². The summed E-state index contributed by atoms with van der Waals surface area (Å²) < 4.78 is 0. The molecule has 3 heteroatoms. The lowest BCUT2D eigenvalue weighted by Crippen LogP contribution is -2.06. The number of thiol groups is 2. The Labute approximate surface area is 138 Å².